The Balaban J connectivity index is 2.37. The molecule has 3 nitrogen and oxygen atoms in total. The number of aliphatic hydroxyl groups excluding tert-OH is 1. The van der Waals surface area contributed by atoms with Gasteiger partial charge < -0.3 is 10.0 Å². The van der Waals surface area contributed by atoms with Gasteiger partial charge in [0.15, 0.2) is 0 Å². The molecule has 1 saturated heterocycles. The summed E-state index contributed by atoms with van der Waals surface area (Å²) in [6.07, 6.45) is 2.55. The predicted molar refractivity (Wildman–Crippen MR) is 51.3 cm³/mol. The molecule has 1 aliphatic heterocycles. The minimum absolute atomic E-state index is 0.208. The summed E-state index contributed by atoms with van der Waals surface area (Å²) >= 11 is 0. The molecule has 0 aromatic rings. The zero-order valence-electron chi connectivity index (χ0n) is 8.49. The van der Waals surface area contributed by atoms with Crippen molar-refractivity contribution in [3.05, 3.63) is 0 Å². The highest BCUT2D eigenvalue weighted by Gasteiger charge is 2.28. The highest BCUT2D eigenvalue weighted by molar-refractivity contribution is 5.78. The van der Waals surface area contributed by atoms with E-state index < -0.39 is 6.10 Å². The summed E-state index contributed by atoms with van der Waals surface area (Å²) in [5.74, 6) is 0.732. The Labute approximate surface area is 79.7 Å². The minimum atomic E-state index is -0.399. The lowest BCUT2D eigenvalue weighted by atomic mass is 10.0. The Kier molecular flexibility index (Phi) is 3.72. The molecule has 1 amide bonds. The molecule has 0 spiro atoms. The number of carbonyl (C=O) groups excluding carboxylic acids is 1. The molecule has 76 valence electrons. The van der Waals surface area contributed by atoms with Crippen LogP contribution in [0.2, 0.25) is 0 Å². The van der Waals surface area contributed by atoms with Crippen LogP contribution in [0.25, 0.3) is 0 Å². The highest BCUT2D eigenvalue weighted by Crippen LogP contribution is 2.21. The quantitative estimate of drug-likeness (QED) is 0.710. The van der Waals surface area contributed by atoms with E-state index in [1.165, 1.54) is 0 Å². The zero-order valence-corrected chi connectivity index (χ0v) is 8.49. The summed E-state index contributed by atoms with van der Waals surface area (Å²) in [5.41, 5.74) is 0. The van der Waals surface area contributed by atoms with E-state index in [1.807, 2.05) is 0 Å². The first-order valence-corrected chi connectivity index (χ1v) is 5.09. The van der Waals surface area contributed by atoms with E-state index in [0.29, 0.717) is 18.9 Å². The van der Waals surface area contributed by atoms with Crippen molar-refractivity contribution in [1.82, 2.24) is 4.90 Å². The van der Waals surface area contributed by atoms with E-state index in [0.717, 1.165) is 19.4 Å². The number of likely N-dealkylation sites (tertiary alicyclic amines) is 1. The summed E-state index contributed by atoms with van der Waals surface area (Å²) in [7, 11) is 0. The van der Waals surface area contributed by atoms with Gasteiger partial charge in [-0.05, 0) is 19.3 Å². The predicted octanol–water partition coefficient (Wildman–Crippen LogP) is 1.02. The maximum atomic E-state index is 11.4. The van der Waals surface area contributed by atoms with Gasteiger partial charge in [0.25, 0.3) is 0 Å². The number of hydrogen-bond acceptors (Lipinski definition) is 2. The molecule has 0 bridgehead atoms. The van der Waals surface area contributed by atoms with Gasteiger partial charge in [-0.1, -0.05) is 13.3 Å². The van der Waals surface area contributed by atoms with Crippen molar-refractivity contribution >= 4 is 5.91 Å². The molecule has 1 fully saturated rings. The van der Waals surface area contributed by atoms with Gasteiger partial charge in [-0.25, -0.2) is 0 Å². The fourth-order valence-electron chi connectivity index (χ4n) is 1.95. The van der Waals surface area contributed by atoms with Gasteiger partial charge in [0.2, 0.25) is 5.91 Å². The lowest BCUT2D eigenvalue weighted by Gasteiger charge is -2.17. The van der Waals surface area contributed by atoms with E-state index in [2.05, 4.69) is 6.92 Å². The summed E-state index contributed by atoms with van der Waals surface area (Å²) in [6, 6.07) is 0. The first-order chi connectivity index (χ1) is 6.13. The SMILES string of the molecule is CCCC1CC(=O)N(CC(C)O)C1. The van der Waals surface area contributed by atoms with E-state index in [9.17, 15) is 4.79 Å². The maximum absolute atomic E-state index is 11.4. The first kappa shape index (κ1) is 10.5. The molecule has 0 aromatic carbocycles. The molecule has 0 radical (unpaired) electrons. The molecule has 2 atom stereocenters. The van der Waals surface area contributed by atoms with Gasteiger partial charge in [-0.15, -0.1) is 0 Å². The Morgan fingerprint density at radius 1 is 1.69 bits per heavy atom. The van der Waals surface area contributed by atoms with E-state index in [-0.39, 0.29) is 5.91 Å². The van der Waals surface area contributed by atoms with Crippen molar-refractivity contribution in [1.29, 1.82) is 0 Å². The third kappa shape index (κ3) is 2.99. The van der Waals surface area contributed by atoms with Crippen LogP contribution in [0.1, 0.15) is 33.1 Å². The third-order valence-electron chi connectivity index (χ3n) is 2.48. The average molecular weight is 185 g/mol. The Morgan fingerprint density at radius 2 is 2.38 bits per heavy atom. The van der Waals surface area contributed by atoms with E-state index >= 15 is 0 Å². The fraction of sp³-hybridized carbons (Fsp3) is 0.900. The van der Waals surface area contributed by atoms with Crippen LogP contribution in [0.3, 0.4) is 0 Å². The summed E-state index contributed by atoms with van der Waals surface area (Å²) in [4.78, 5) is 13.2. The lowest BCUT2D eigenvalue weighted by Crippen LogP contribution is -2.32. The van der Waals surface area contributed by atoms with E-state index in [1.54, 1.807) is 11.8 Å². The number of aliphatic hydroxyl groups is 1. The second-order valence-electron chi connectivity index (χ2n) is 4.01. The molecule has 3 heteroatoms. The summed E-state index contributed by atoms with van der Waals surface area (Å²) in [6.45, 7) is 5.21. The van der Waals surface area contributed by atoms with Crippen molar-refractivity contribution < 1.29 is 9.90 Å². The summed E-state index contributed by atoms with van der Waals surface area (Å²) < 4.78 is 0. The fourth-order valence-corrected chi connectivity index (χ4v) is 1.95. The second-order valence-corrected chi connectivity index (χ2v) is 4.01. The number of carbonyl (C=O) groups is 1. The minimum Gasteiger partial charge on any atom is -0.392 e. The largest absolute Gasteiger partial charge is 0.392 e. The molecule has 0 aromatic heterocycles. The van der Waals surface area contributed by atoms with Crippen molar-refractivity contribution in [2.75, 3.05) is 13.1 Å². The Bertz CT molecular complexity index is 180. The number of hydrogen-bond donors (Lipinski definition) is 1. The standard InChI is InChI=1S/C10H19NO2/c1-3-4-9-5-10(13)11(7-9)6-8(2)12/h8-9,12H,3-7H2,1-2H3. The van der Waals surface area contributed by atoms with Crippen molar-refractivity contribution in [3.8, 4) is 0 Å². The normalized spacial score (nSPS) is 25.3. The number of nitrogens with zero attached hydrogens (tertiary/aromatic N) is 1. The van der Waals surface area contributed by atoms with Crippen molar-refractivity contribution in [2.24, 2.45) is 5.92 Å². The zero-order chi connectivity index (χ0) is 9.84. The molecule has 2 unspecified atom stereocenters. The molecule has 1 heterocycles. The lowest BCUT2D eigenvalue weighted by molar-refractivity contribution is -0.128. The van der Waals surface area contributed by atoms with Crippen LogP contribution in [0.15, 0.2) is 0 Å². The molecule has 1 aliphatic rings. The molecule has 13 heavy (non-hydrogen) atoms. The van der Waals surface area contributed by atoms with Gasteiger partial charge in [0.1, 0.15) is 0 Å². The Morgan fingerprint density at radius 3 is 2.92 bits per heavy atom. The average Bonchev–Trinajstić information content (AvgIpc) is 2.31. The molecule has 1 N–H and O–H groups in total. The van der Waals surface area contributed by atoms with Crippen LogP contribution in [-0.2, 0) is 4.79 Å². The second kappa shape index (κ2) is 4.61. The maximum Gasteiger partial charge on any atom is 0.223 e. The molecule has 0 aliphatic carbocycles. The van der Waals surface area contributed by atoms with Gasteiger partial charge in [-0.3, -0.25) is 4.79 Å². The van der Waals surface area contributed by atoms with Crippen LogP contribution in [-0.4, -0.2) is 35.1 Å². The van der Waals surface area contributed by atoms with Crippen LogP contribution < -0.4 is 0 Å². The van der Waals surface area contributed by atoms with Gasteiger partial charge >= 0.3 is 0 Å². The van der Waals surface area contributed by atoms with Crippen LogP contribution in [0.4, 0.5) is 0 Å². The van der Waals surface area contributed by atoms with Crippen LogP contribution >= 0.6 is 0 Å². The Hall–Kier alpha value is -0.570. The van der Waals surface area contributed by atoms with Gasteiger partial charge in [0, 0.05) is 19.5 Å². The van der Waals surface area contributed by atoms with Crippen LogP contribution in [0.5, 0.6) is 0 Å². The topological polar surface area (TPSA) is 40.5 Å². The number of β-amino-alcohol motifs (C(OH)–C–C–N with tert-alkyl or cyclic N) is 1. The van der Waals surface area contributed by atoms with Gasteiger partial charge in [-0.2, -0.15) is 0 Å². The molecule has 1 rings (SSSR count). The molecule has 0 saturated carbocycles. The van der Waals surface area contributed by atoms with Gasteiger partial charge in [0.05, 0.1) is 6.10 Å². The monoisotopic (exact) mass is 185 g/mol. The molecular formula is C10H19NO2. The first-order valence-electron chi connectivity index (χ1n) is 5.09. The smallest absolute Gasteiger partial charge is 0.223 e. The summed E-state index contributed by atoms with van der Waals surface area (Å²) in [5, 5.41) is 9.15. The highest BCUT2D eigenvalue weighted by atomic mass is 16.3. The number of rotatable bonds is 4. The van der Waals surface area contributed by atoms with Crippen molar-refractivity contribution in [2.45, 2.75) is 39.2 Å². The third-order valence-corrected chi connectivity index (χ3v) is 2.48. The number of amides is 1. The van der Waals surface area contributed by atoms with Crippen LogP contribution in [0, 0.1) is 5.92 Å². The molecular weight excluding hydrogens is 166 g/mol. The van der Waals surface area contributed by atoms with E-state index in [4.69, 9.17) is 5.11 Å². The van der Waals surface area contributed by atoms with Crippen molar-refractivity contribution in [3.63, 3.8) is 0 Å².